The summed E-state index contributed by atoms with van der Waals surface area (Å²) in [5, 5.41) is 8.67. The topological polar surface area (TPSA) is 54.0 Å². The van der Waals surface area contributed by atoms with E-state index in [1.807, 2.05) is 68.4 Å². The van der Waals surface area contributed by atoms with Crippen LogP contribution in [0.15, 0.2) is 60.0 Å². The molecule has 0 aliphatic rings. The molecule has 0 aliphatic carbocycles. The number of benzene rings is 2. The van der Waals surface area contributed by atoms with Crippen LogP contribution in [0.3, 0.4) is 0 Å². The van der Waals surface area contributed by atoms with E-state index in [-0.39, 0.29) is 11.9 Å². The molecule has 122 valence electrons. The van der Waals surface area contributed by atoms with Crippen molar-refractivity contribution in [1.82, 2.24) is 10.3 Å². The van der Waals surface area contributed by atoms with Gasteiger partial charge in [-0.05, 0) is 31.5 Å². The molecule has 1 amide bonds. The molecule has 2 aromatic carbocycles. The van der Waals surface area contributed by atoms with Crippen LogP contribution in [0.5, 0.6) is 0 Å². The van der Waals surface area contributed by atoms with Crippen LogP contribution < -0.4 is 10.6 Å². The maximum absolute atomic E-state index is 12.3. The average molecular weight is 337 g/mol. The van der Waals surface area contributed by atoms with E-state index in [1.54, 1.807) is 5.38 Å². The van der Waals surface area contributed by atoms with Gasteiger partial charge in [-0.25, -0.2) is 4.98 Å². The first-order valence-electron chi connectivity index (χ1n) is 7.77. The number of anilines is 2. The lowest BCUT2D eigenvalue weighted by atomic mass is 10.1. The summed E-state index contributed by atoms with van der Waals surface area (Å²) in [6.45, 7) is 4.01. The molecule has 1 aromatic heterocycles. The fraction of sp³-hybridized carbons (Fsp3) is 0.158. The van der Waals surface area contributed by atoms with Crippen molar-refractivity contribution in [3.63, 3.8) is 0 Å². The number of amides is 1. The van der Waals surface area contributed by atoms with Crippen LogP contribution in [0.25, 0.3) is 0 Å². The van der Waals surface area contributed by atoms with Crippen molar-refractivity contribution in [3.8, 4) is 0 Å². The van der Waals surface area contributed by atoms with Crippen LogP contribution in [0, 0.1) is 6.92 Å². The van der Waals surface area contributed by atoms with E-state index < -0.39 is 0 Å². The molecule has 0 bridgehead atoms. The van der Waals surface area contributed by atoms with Gasteiger partial charge in [-0.15, -0.1) is 11.3 Å². The van der Waals surface area contributed by atoms with Crippen LogP contribution in [0.1, 0.15) is 34.6 Å². The molecule has 3 rings (SSSR count). The normalized spacial score (nSPS) is 11.8. The Morgan fingerprint density at radius 1 is 1.08 bits per heavy atom. The Labute approximate surface area is 145 Å². The first-order chi connectivity index (χ1) is 11.6. The van der Waals surface area contributed by atoms with Crippen LogP contribution in [0.2, 0.25) is 0 Å². The molecule has 0 spiro atoms. The summed E-state index contributed by atoms with van der Waals surface area (Å²) < 4.78 is 0. The number of hydrogen-bond acceptors (Lipinski definition) is 4. The molecule has 5 heteroatoms. The second kappa shape index (κ2) is 7.27. The molecular weight excluding hydrogens is 318 g/mol. The van der Waals surface area contributed by atoms with Crippen LogP contribution >= 0.6 is 11.3 Å². The summed E-state index contributed by atoms with van der Waals surface area (Å²) in [7, 11) is 0. The highest BCUT2D eigenvalue weighted by atomic mass is 32.1. The molecule has 0 radical (unpaired) electrons. The van der Waals surface area contributed by atoms with Gasteiger partial charge in [0.15, 0.2) is 5.13 Å². The summed E-state index contributed by atoms with van der Waals surface area (Å²) in [5.74, 6) is -0.167. The molecule has 2 N–H and O–H groups in total. The molecule has 0 fully saturated rings. The zero-order valence-electron chi connectivity index (χ0n) is 13.6. The van der Waals surface area contributed by atoms with Crippen molar-refractivity contribution < 1.29 is 4.79 Å². The SMILES string of the molecule is Cc1ccc(Nc2nc(C(=O)NC(C)c3ccccc3)cs2)cc1. The molecule has 24 heavy (non-hydrogen) atoms. The smallest absolute Gasteiger partial charge is 0.271 e. The minimum atomic E-state index is -0.167. The first kappa shape index (κ1) is 16.2. The molecule has 1 heterocycles. The largest absolute Gasteiger partial charge is 0.344 e. The van der Waals surface area contributed by atoms with Crippen molar-refractivity contribution in [2.24, 2.45) is 0 Å². The lowest BCUT2D eigenvalue weighted by molar-refractivity contribution is 0.0935. The third kappa shape index (κ3) is 4.00. The predicted molar refractivity (Wildman–Crippen MR) is 98.9 cm³/mol. The summed E-state index contributed by atoms with van der Waals surface area (Å²) in [6, 6.07) is 17.9. The minimum Gasteiger partial charge on any atom is -0.344 e. The second-order valence-electron chi connectivity index (χ2n) is 5.63. The number of aryl methyl sites for hydroxylation is 1. The van der Waals surface area contributed by atoms with Gasteiger partial charge >= 0.3 is 0 Å². The average Bonchev–Trinajstić information content (AvgIpc) is 3.06. The third-order valence-corrected chi connectivity index (χ3v) is 4.44. The summed E-state index contributed by atoms with van der Waals surface area (Å²) in [6.07, 6.45) is 0. The highest BCUT2D eigenvalue weighted by molar-refractivity contribution is 7.14. The fourth-order valence-electron chi connectivity index (χ4n) is 2.29. The van der Waals surface area contributed by atoms with E-state index in [2.05, 4.69) is 15.6 Å². The summed E-state index contributed by atoms with van der Waals surface area (Å²) >= 11 is 1.42. The predicted octanol–water partition coefficient (Wildman–Crippen LogP) is 4.69. The van der Waals surface area contributed by atoms with Crippen molar-refractivity contribution in [3.05, 3.63) is 76.8 Å². The van der Waals surface area contributed by atoms with Gasteiger partial charge in [-0.3, -0.25) is 4.79 Å². The van der Waals surface area contributed by atoms with Crippen molar-refractivity contribution in [1.29, 1.82) is 0 Å². The molecule has 1 atom stereocenters. The number of hydrogen-bond donors (Lipinski definition) is 2. The maximum Gasteiger partial charge on any atom is 0.271 e. The Balaban J connectivity index is 1.64. The van der Waals surface area contributed by atoms with Crippen molar-refractivity contribution in [2.45, 2.75) is 19.9 Å². The Morgan fingerprint density at radius 2 is 1.79 bits per heavy atom. The van der Waals surface area contributed by atoms with E-state index in [4.69, 9.17) is 0 Å². The van der Waals surface area contributed by atoms with Gasteiger partial charge in [0.1, 0.15) is 5.69 Å². The number of carbonyl (C=O) groups is 1. The van der Waals surface area contributed by atoms with Gasteiger partial charge in [0, 0.05) is 11.1 Å². The molecular formula is C19H19N3OS. The van der Waals surface area contributed by atoms with Crippen LogP contribution in [0.4, 0.5) is 10.8 Å². The van der Waals surface area contributed by atoms with E-state index >= 15 is 0 Å². The van der Waals surface area contributed by atoms with Gasteiger partial charge in [0.2, 0.25) is 0 Å². The molecule has 0 saturated carbocycles. The number of nitrogens with zero attached hydrogens (tertiary/aromatic N) is 1. The highest BCUT2D eigenvalue weighted by Crippen LogP contribution is 2.22. The number of aromatic nitrogens is 1. The quantitative estimate of drug-likeness (QED) is 0.710. The monoisotopic (exact) mass is 337 g/mol. The molecule has 0 aliphatic heterocycles. The summed E-state index contributed by atoms with van der Waals surface area (Å²) in [4.78, 5) is 16.7. The Bertz CT molecular complexity index is 812. The Hall–Kier alpha value is -2.66. The zero-order valence-corrected chi connectivity index (χ0v) is 14.4. The summed E-state index contributed by atoms with van der Waals surface area (Å²) in [5.41, 5.74) is 3.66. The van der Waals surface area contributed by atoms with Crippen LogP contribution in [-0.4, -0.2) is 10.9 Å². The lowest BCUT2D eigenvalue weighted by Gasteiger charge is -2.13. The van der Waals surface area contributed by atoms with Crippen molar-refractivity contribution >= 4 is 28.1 Å². The minimum absolute atomic E-state index is 0.0612. The van der Waals surface area contributed by atoms with Gasteiger partial charge in [0.25, 0.3) is 5.91 Å². The van der Waals surface area contributed by atoms with E-state index in [9.17, 15) is 4.79 Å². The first-order valence-corrected chi connectivity index (χ1v) is 8.65. The number of carbonyl (C=O) groups excluding carboxylic acids is 1. The highest BCUT2D eigenvalue weighted by Gasteiger charge is 2.14. The fourth-order valence-corrected chi connectivity index (χ4v) is 3.00. The van der Waals surface area contributed by atoms with Gasteiger partial charge in [0.05, 0.1) is 6.04 Å². The maximum atomic E-state index is 12.3. The third-order valence-electron chi connectivity index (χ3n) is 3.69. The Kier molecular flexibility index (Phi) is 4.91. The number of rotatable bonds is 5. The lowest BCUT2D eigenvalue weighted by Crippen LogP contribution is -2.26. The van der Waals surface area contributed by atoms with E-state index in [0.29, 0.717) is 10.8 Å². The van der Waals surface area contributed by atoms with Gasteiger partial charge < -0.3 is 10.6 Å². The standard InChI is InChI=1S/C19H19N3OS/c1-13-8-10-16(11-9-13)21-19-22-17(12-24-19)18(23)20-14(2)15-6-4-3-5-7-15/h3-12,14H,1-2H3,(H,20,23)(H,21,22). The van der Waals surface area contributed by atoms with Gasteiger partial charge in [-0.1, -0.05) is 48.0 Å². The van der Waals surface area contributed by atoms with E-state index in [0.717, 1.165) is 11.3 Å². The van der Waals surface area contributed by atoms with Gasteiger partial charge in [-0.2, -0.15) is 0 Å². The Morgan fingerprint density at radius 3 is 2.50 bits per heavy atom. The second-order valence-corrected chi connectivity index (χ2v) is 6.49. The van der Waals surface area contributed by atoms with E-state index in [1.165, 1.54) is 16.9 Å². The number of thiazole rings is 1. The zero-order chi connectivity index (χ0) is 16.9. The van der Waals surface area contributed by atoms with Crippen LogP contribution in [-0.2, 0) is 0 Å². The van der Waals surface area contributed by atoms with Crippen molar-refractivity contribution in [2.75, 3.05) is 5.32 Å². The molecule has 1 unspecified atom stereocenters. The molecule has 3 aromatic rings. The number of nitrogens with one attached hydrogen (secondary N) is 2. The molecule has 0 saturated heterocycles. The molecule has 4 nitrogen and oxygen atoms in total.